The number of aromatic carboxylic acids is 1. The number of rotatable bonds is 5. The van der Waals surface area contributed by atoms with Crippen LogP contribution in [0.2, 0.25) is 0 Å². The lowest BCUT2D eigenvalue weighted by Crippen LogP contribution is -2.08. The third-order valence-corrected chi connectivity index (χ3v) is 3.49. The van der Waals surface area contributed by atoms with E-state index in [4.69, 9.17) is 5.11 Å². The zero-order valence-corrected chi connectivity index (χ0v) is 10.8. The number of nitrogens with zero attached hydrogens (tertiary/aromatic N) is 2. The van der Waals surface area contributed by atoms with Gasteiger partial charge in [-0.05, 0) is 18.1 Å². The number of carboxylic acids is 1. The third-order valence-electron chi connectivity index (χ3n) is 3.49. The van der Waals surface area contributed by atoms with E-state index in [1.807, 2.05) is 6.07 Å². The van der Waals surface area contributed by atoms with Crippen molar-refractivity contribution in [1.82, 2.24) is 9.55 Å². The molecule has 0 aliphatic carbocycles. The molecule has 0 atom stereocenters. The lowest BCUT2D eigenvalue weighted by Gasteiger charge is -2.13. The number of aromatic nitrogens is 2. The summed E-state index contributed by atoms with van der Waals surface area (Å²) >= 11 is 0. The Morgan fingerprint density at radius 3 is 2.72 bits per heavy atom. The Hall–Kier alpha value is -1.84. The molecule has 0 aliphatic heterocycles. The summed E-state index contributed by atoms with van der Waals surface area (Å²) in [5.74, 6) is -0.315. The van der Waals surface area contributed by atoms with Gasteiger partial charge in [-0.2, -0.15) is 0 Å². The van der Waals surface area contributed by atoms with Crippen LogP contribution in [0.25, 0.3) is 11.0 Å². The average molecular weight is 246 g/mol. The fourth-order valence-corrected chi connectivity index (χ4v) is 2.23. The minimum absolute atomic E-state index is 0.274. The minimum Gasteiger partial charge on any atom is -0.478 e. The zero-order chi connectivity index (χ0) is 13.1. The number of carbonyl (C=O) groups is 1. The lowest BCUT2D eigenvalue weighted by atomic mass is 10.0. The van der Waals surface area contributed by atoms with Gasteiger partial charge in [0.15, 0.2) is 0 Å². The number of hydrogen-bond acceptors (Lipinski definition) is 2. The Kier molecular flexibility index (Phi) is 3.65. The molecule has 2 rings (SSSR count). The van der Waals surface area contributed by atoms with Crippen molar-refractivity contribution in [2.75, 3.05) is 0 Å². The molecule has 4 nitrogen and oxygen atoms in total. The van der Waals surface area contributed by atoms with Gasteiger partial charge in [0.25, 0.3) is 0 Å². The predicted octanol–water partition coefficient (Wildman–Crippen LogP) is 3.17. The van der Waals surface area contributed by atoms with E-state index in [1.165, 1.54) is 0 Å². The summed E-state index contributed by atoms with van der Waals surface area (Å²) in [6, 6.07) is 5.30. The molecule has 0 unspecified atom stereocenters. The second kappa shape index (κ2) is 5.21. The van der Waals surface area contributed by atoms with Crippen LogP contribution in [0.5, 0.6) is 0 Å². The molecule has 0 saturated heterocycles. The molecular weight excluding hydrogens is 228 g/mol. The molecule has 0 radical (unpaired) electrons. The third kappa shape index (κ3) is 2.23. The van der Waals surface area contributed by atoms with Crippen LogP contribution >= 0.6 is 0 Å². The van der Waals surface area contributed by atoms with Crippen molar-refractivity contribution in [3.63, 3.8) is 0 Å². The van der Waals surface area contributed by atoms with E-state index >= 15 is 0 Å². The van der Waals surface area contributed by atoms with Crippen LogP contribution in [0.15, 0.2) is 24.5 Å². The van der Waals surface area contributed by atoms with Crippen LogP contribution in [0.3, 0.4) is 0 Å². The number of benzene rings is 1. The molecule has 0 aliphatic rings. The average Bonchev–Trinajstić information content (AvgIpc) is 2.78. The Morgan fingerprint density at radius 2 is 2.11 bits per heavy atom. The summed E-state index contributed by atoms with van der Waals surface area (Å²) in [4.78, 5) is 15.4. The standard InChI is InChI=1S/C14H18N2O2/c1-3-10(4-2)8-16-9-15-13-11(14(17)18)6-5-7-12(13)16/h5-7,9-10H,3-4,8H2,1-2H3,(H,17,18). The highest BCUT2D eigenvalue weighted by molar-refractivity contribution is 6.00. The number of hydrogen-bond donors (Lipinski definition) is 1. The van der Waals surface area contributed by atoms with Crippen molar-refractivity contribution in [2.24, 2.45) is 5.92 Å². The quantitative estimate of drug-likeness (QED) is 0.881. The minimum atomic E-state index is -0.923. The summed E-state index contributed by atoms with van der Waals surface area (Å²) in [6.45, 7) is 5.25. The van der Waals surface area contributed by atoms with Gasteiger partial charge < -0.3 is 9.67 Å². The van der Waals surface area contributed by atoms with E-state index < -0.39 is 5.97 Å². The molecule has 1 heterocycles. The molecule has 0 amide bonds. The van der Waals surface area contributed by atoms with Crippen molar-refractivity contribution < 1.29 is 9.90 Å². The lowest BCUT2D eigenvalue weighted by molar-refractivity contribution is 0.0699. The van der Waals surface area contributed by atoms with Gasteiger partial charge in [-0.15, -0.1) is 0 Å². The molecule has 2 aromatic rings. The highest BCUT2D eigenvalue weighted by atomic mass is 16.4. The van der Waals surface area contributed by atoms with Gasteiger partial charge in [-0.1, -0.05) is 32.8 Å². The fraction of sp³-hybridized carbons (Fsp3) is 0.429. The van der Waals surface area contributed by atoms with E-state index in [2.05, 4.69) is 23.4 Å². The topological polar surface area (TPSA) is 55.1 Å². The van der Waals surface area contributed by atoms with Crippen LogP contribution in [-0.4, -0.2) is 20.6 Å². The first-order chi connectivity index (χ1) is 8.67. The second-order valence-corrected chi connectivity index (χ2v) is 4.56. The van der Waals surface area contributed by atoms with Crippen LogP contribution in [0.1, 0.15) is 37.0 Å². The van der Waals surface area contributed by atoms with E-state index in [9.17, 15) is 4.79 Å². The van der Waals surface area contributed by atoms with Crippen molar-refractivity contribution in [3.05, 3.63) is 30.1 Å². The van der Waals surface area contributed by atoms with E-state index in [0.29, 0.717) is 11.4 Å². The molecule has 18 heavy (non-hydrogen) atoms. The fourth-order valence-electron chi connectivity index (χ4n) is 2.23. The van der Waals surface area contributed by atoms with Gasteiger partial charge in [0, 0.05) is 6.54 Å². The van der Waals surface area contributed by atoms with Crippen LogP contribution in [0, 0.1) is 5.92 Å². The highest BCUT2D eigenvalue weighted by Crippen LogP contribution is 2.20. The molecule has 96 valence electrons. The van der Waals surface area contributed by atoms with Gasteiger partial charge >= 0.3 is 5.97 Å². The summed E-state index contributed by atoms with van der Waals surface area (Å²) in [5, 5.41) is 9.12. The van der Waals surface area contributed by atoms with Crippen LogP contribution in [-0.2, 0) is 6.54 Å². The van der Waals surface area contributed by atoms with Crippen molar-refractivity contribution >= 4 is 17.0 Å². The van der Waals surface area contributed by atoms with Gasteiger partial charge in [-0.3, -0.25) is 0 Å². The molecule has 0 saturated carbocycles. The number of imidazole rings is 1. The van der Waals surface area contributed by atoms with Crippen molar-refractivity contribution in [2.45, 2.75) is 33.2 Å². The van der Waals surface area contributed by atoms with Crippen LogP contribution < -0.4 is 0 Å². The molecule has 0 fully saturated rings. The summed E-state index contributed by atoms with van der Waals surface area (Å²) in [5.41, 5.74) is 1.76. The van der Waals surface area contributed by atoms with Crippen molar-refractivity contribution in [3.8, 4) is 0 Å². The first-order valence-electron chi connectivity index (χ1n) is 6.34. The van der Waals surface area contributed by atoms with Gasteiger partial charge in [0.1, 0.15) is 5.52 Å². The smallest absolute Gasteiger partial charge is 0.337 e. The van der Waals surface area contributed by atoms with E-state index in [-0.39, 0.29) is 5.56 Å². The molecule has 1 N–H and O–H groups in total. The summed E-state index contributed by atoms with van der Waals surface area (Å²) in [6.07, 6.45) is 3.99. The van der Waals surface area contributed by atoms with Gasteiger partial charge in [-0.25, -0.2) is 9.78 Å². The molecule has 1 aromatic carbocycles. The number of para-hydroxylation sites is 1. The Bertz CT molecular complexity index is 556. The largest absolute Gasteiger partial charge is 0.478 e. The Labute approximate surface area is 106 Å². The Morgan fingerprint density at radius 1 is 1.39 bits per heavy atom. The second-order valence-electron chi connectivity index (χ2n) is 4.56. The van der Waals surface area contributed by atoms with E-state index in [0.717, 1.165) is 24.9 Å². The monoisotopic (exact) mass is 246 g/mol. The normalized spacial score (nSPS) is 11.3. The Balaban J connectivity index is 2.42. The maximum Gasteiger partial charge on any atom is 0.337 e. The maximum absolute atomic E-state index is 11.1. The van der Waals surface area contributed by atoms with E-state index in [1.54, 1.807) is 18.5 Å². The predicted molar refractivity (Wildman–Crippen MR) is 70.8 cm³/mol. The first-order valence-corrected chi connectivity index (χ1v) is 6.34. The van der Waals surface area contributed by atoms with Crippen LogP contribution in [0.4, 0.5) is 0 Å². The summed E-state index contributed by atoms with van der Waals surface area (Å²) in [7, 11) is 0. The number of fused-ring (bicyclic) bond motifs is 1. The molecule has 4 heteroatoms. The first kappa shape index (κ1) is 12.6. The summed E-state index contributed by atoms with van der Waals surface area (Å²) < 4.78 is 2.06. The zero-order valence-electron chi connectivity index (χ0n) is 10.8. The molecule has 1 aromatic heterocycles. The maximum atomic E-state index is 11.1. The molecular formula is C14H18N2O2. The number of carboxylic acid groups (broad SMARTS) is 1. The van der Waals surface area contributed by atoms with Gasteiger partial charge in [0.05, 0.1) is 17.4 Å². The SMILES string of the molecule is CCC(CC)Cn1cnc2c(C(=O)O)cccc21. The highest BCUT2D eigenvalue weighted by Gasteiger charge is 2.13. The molecule has 0 bridgehead atoms. The molecule has 0 spiro atoms. The van der Waals surface area contributed by atoms with Crippen molar-refractivity contribution in [1.29, 1.82) is 0 Å². The van der Waals surface area contributed by atoms with Gasteiger partial charge in [0.2, 0.25) is 0 Å².